The molecule has 4 N–H and O–H groups in total. The Morgan fingerprint density at radius 2 is 1.81 bits per heavy atom. The first-order valence-corrected chi connectivity index (χ1v) is 8.34. The first-order chi connectivity index (χ1) is 13.0. The van der Waals surface area contributed by atoms with E-state index in [0.29, 0.717) is 23.5 Å². The minimum absolute atomic E-state index is 0.0474. The Morgan fingerprint density at radius 1 is 1.15 bits per heavy atom. The van der Waals surface area contributed by atoms with Gasteiger partial charge in [0.15, 0.2) is 5.82 Å². The lowest BCUT2D eigenvalue weighted by molar-refractivity contribution is 0.102. The first-order valence-electron chi connectivity index (χ1n) is 8.34. The molecule has 0 spiro atoms. The van der Waals surface area contributed by atoms with Gasteiger partial charge in [0.1, 0.15) is 5.84 Å². The minimum atomic E-state index is -0.113. The molecule has 3 aromatic rings. The van der Waals surface area contributed by atoms with E-state index in [4.69, 9.17) is 11.1 Å². The molecule has 0 aliphatic heterocycles. The van der Waals surface area contributed by atoms with E-state index in [1.807, 2.05) is 24.3 Å². The Bertz CT molecular complexity index is 1020. The lowest BCUT2D eigenvalue weighted by atomic mass is 10.1. The van der Waals surface area contributed by atoms with Gasteiger partial charge in [-0.3, -0.25) is 10.2 Å². The van der Waals surface area contributed by atoms with Crippen LogP contribution in [0.25, 0.3) is 0 Å². The number of imidazole rings is 1. The fourth-order valence-corrected chi connectivity index (χ4v) is 2.48. The minimum Gasteiger partial charge on any atom is -0.384 e. The van der Waals surface area contributed by atoms with Crippen LogP contribution in [0.1, 0.15) is 27.3 Å². The number of ketones is 1. The molecule has 0 bridgehead atoms. The second-order valence-electron chi connectivity index (χ2n) is 5.91. The number of carbonyl (C=O) groups is 1. The van der Waals surface area contributed by atoms with E-state index in [0.717, 1.165) is 11.3 Å². The molecular weight excluding hydrogens is 338 g/mol. The average molecular weight is 357 g/mol. The SMILES string of the molecule is Cn1ccnc1C(=O)c1ccc(C#CCNc2ccc(C(=N)N)cc2)cc1. The Kier molecular flexibility index (Phi) is 5.33. The fourth-order valence-electron chi connectivity index (χ4n) is 2.48. The van der Waals surface area contributed by atoms with Crippen molar-refractivity contribution in [2.75, 3.05) is 11.9 Å². The lowest BCUT2D eigenvalue weighted by Crippen LogP contribution is -2.10. The summed E-state index contributed by atoms with van der Waals surface area (Å²) in [5.74, 6) is 6.45. The molecule has 2 aromatic carbocycles. The van der Waals surface area contributed by atoms with E-state index in [9.17, 15) is 4.79 Å². The zero-order valence-corrected chi connectivity index (χ0v) is 14.9. The molecule has 0 amide bonds. The number of aromatic nitrogens is 2. The Hall–Kier alpha value is -3.85. The summed E-state index contributed by atoms with van der Waals surface area (Å²) in [6.07, 6.45) is 3.35. The molecule has 0 aliphatic carbocycles. The van der Waals surface area contributed by atoms with Crippen molar-refractivity contribution in [2.24, 2.45) is 12.8 Å². The topological polar surface area (TPSA) is 96.8 Å². The monoisotopic (exact) mass is 357 g/mol. The number of amidine groups is 1. The van der Waals surface area contributed by atoms with Crippen molar-refractivity contribution in [1.82, 2.24) is 9.55 Å². The van der Waals surface area contributed by atoms with Crippen LogP contribution in [0.4, 0.5) is 5.69 Å². The largest absolute Gasteiger partial charge is 0.384 e. The van der Waals surface area contributed by atoms with Crippen LogP contribution < -0.4 is 11.1 Å². The molecule has 0 unspecified atom stereocenters. The summed E-state index contributed by atoms with van der Waals surface area (Å²) >= 11 is 0. The summed E-state index contributed by atoms with van der Waals surface area (Å²) in [6, 6.07) is 14.5. The predicted octanol–water partition coefficient (Wildman–Crippen LogP) is 2.40. The van der Waals surface area contributed by atoms with Gasteiger partial charge in [-0.2, -0.15) is 0 Å². The summed E-state index contributed by atoms with van der Waals surface area (Å²) in [4.78, 5) is 16.4. The normalized spacial score (nSPS) is 9.96. The summed E-state index contributed by atoms with van der Waals surface area (Å²) in [7, 11) is 1.79. The van der Waals surface area contributed by atoms with Crippen LogP contribution in [0.5, 0.6) is 0 Å². The van der Waals surface area contributed by atoms with Crippen molar-refractivity contribution in [1.29, 1.82) is 5.41 Å². The molecule has 1 aromatic heterocycles. The molecule has 0 atom stereocenters. The molecule has 6 nitrogen and oxygen atoms in total. The molecule has 0 fully saturated rings. The predicted molar refractivity (Wildman–Crippen MR) is 106 cm³/mol. The number of nitrogens with zero attached hydrogens (tertiary/aromatic N) is 2. The van der Waals surface area contributed by atoms with Crippen molar-refractivity contribution in [3.8, 4) is 11.8 Å². The molecule has 0 radical (unpaired) electrons. The third-order valence-corrected chi connectivity index (χ3v) is 3.98. The van der Waals surface area contributed by atoms with Crippen LogP contribution in [0.15, 0.2) is 60.9 Å². The molecule has 1 heterocycles. The van der Waals surface area contributed by atoms with Crippen molar-refractivity contribution in [3.63, 3.8) is 0 Å². The highest BCUT2D eigenvalue weighted by Crippen LogP contribution is 2.10. The van der Waals surface area contributed by atoms with Crippen LogP contribution >= 0.6 is 0 Å². The number of anilines is 1. The summed E-state index contributed by atoms with van der Waals surface area (Å²) in [5.41, 5.74) is 8.44. The highest BCUT2D eigenvalue weighted by atomic mass is 16.1. The maximum Gasteiger partial charge on any atom is 0.228 e. The van der Waals surface area contributed by atoms with Gasteiger partial charge in [0.2, 0.25) is 5.78 Å². The Morgan fingerprint density at radius 3 is 2.41 bits per heavy atom. The van der Waals surface area contributed by atoms with Crippen molar-refractivity contribution >= 4 is 17.3 Å². The Labute approximate surface area is 157 Å². The molecule has 0 saturated heterocycles. The molecule has 3 rings (SSSR count). The maximum atomic E-state index is 12.4. The number of carbonyl (C=O) groups excluding carboxylic acids is 1. The average Bonchev–Trinajstić information content (AvgIpc) is 3.11. The number of rotatable bonds is 5. The maximum absolute atomic E-state index is 12.4. The van der Waals surface area contributed by atoms with Crippen molar-refractivity contribution in [3.05, 3.63) is 83.4 Å². The van der Waals surface area contributed by atoms with Gasteiger partial charge in [0, 0.05) is 41.8 Å². The zero-order valence-electron chi connectivity index (χ0n) is 14.9. The van der Waals surface area contributed by atoms with Crippen LogP contribution in [0.3, 0.4) is 0 Å². The molecule has 0 aliphatic rings. The standard InChI is InChI=1S/C21H19N5O/c1-26-14-13-25-21(26)19(27)16-6-4-15(5-7-16)3-2-12-24-18-10-8-17(9-11-18)20(22)23/h4-11,13-14,24H,12H2,1H3,(H3,22,23). The second-order valence-corrected chi connectivity index (χ2v) is 5.91. The summed E-state index contributed by atoms with van der Waals surface area (Å²) in [6.45, 7) is 0.480. The van der Waals surface area contributed by atoms with Gasteiger partial charge in [0.05, 0.1) is 6.54 Å². The van der Waals surface area contributed by atoms with Gasteiger partial charge in [-0.15, -0.1) is 0 Å². The van der Waals surface area contributed by atoms with E-state index in [1.165, 1.54) is 0 Å². The van der Waals surface area contributed by atoms with E-state index in [1.54, 1.807) is 48.3 Å². The number of nitrogen functional groups attached to an aromatic ring is 1. The fraction of sp³-hybridized carbons (Fsp3) is 0.0952. The number of nitrogens with one attached hydrogen (secondary N) is 2. The zero-order chi connectivity index (χ0) is 19.2. The van der Waals surface area contributed by atoms with Gasteiger partial charge in [-0.25, -0.2) is 4.98 Å². The van der Waals surface area contributed by atoms with Gasteiger partial charge in [-0.1, -0.05) is 11.8 Å². The number of nitrogens with two attached hydrogens (primary N) is 1. The smallest absolute Gasteiger partial charge is 0.228 e. The third kappa shape index (κ3) is 4.41. The van der Waals surface area contributed by atoms with Crippen LogP contribution in [0.2, 0.25) is 0 Å². The third-order valence-electron chi connectivity index (χ3n) is 3.98. The van der Waals surface area contributed by atoms with E-state index >= 15 is 0 Å². The highest BCUT2D eigenvalue weighted by Gasteiger charge is 2.12. The number of aryl methyl sites for hydroxylation is 1. The van der Waals surface area contributed by atoms with Gasteiger partial charge < -0.3 is 15.6 Å². The Balaban J connectivity index is 1.58. The number of hydrogen-bond donors (Lipinski definition) is 3. The molecule has 134 valence electrons. The van der Waals surface area contributed by atoms with Gasteiger partial charge in [0.25, 0.3) is 0 Å². The summed E-state index contributed by atoms with van der Waals surface area (Å²) in [5, 5.41) is 10.6. The lowest BCUT2D eigenvalue weighted by Gasteiger charge is -2.03. The summed E-state index contributed by atoms with van der Waals surface area (Å²) < 4.78 is 1.70. The van der Waals surface area contributed by atoms with E-state index in [-0.39, 0.29) is 11.6 Å². The van der Waals surface area contributed by atoms with Crippen LogP contribution in [-0.2, 0) is 7.05 Å². The van der Waals surface area contributed by atoms with Gasteiger partial charge >= 0.3 is 0 Å². The van der Waals surface area contributed by atoms with Crippen molar-refractivity contribution < 1.29 is 4.79 Å². The molecular formula is C21H19N5O. The number of hydrogen-bond acceptors (Lipinski definition) is 4. The molecule has 0 saturated carbocycles. The van der Waals surface area contributed by atoms with Crippen molar-refractivity contribution in [2.45, 2.75) is 0 Å². The molecule has 27 heavy (non-hydrogen) atoms. The highest BCUT2D eigenvalue weighted by molar-refractivity contribution is 6.06. The molecule has 6 heteroatoms. The number of benzene rings is 2. The van der Waals surface area contributed by atoms with E-state index in [2.05, 4.69) is 22.1 Å². The van der Waals surface area contributed by atoms with E-state index < -0.39 is 0 Å². The van der Waals surface area contributed by atoms with Gasteiger partial charge in [-0.05, 0) is 48.5 Å². The van der Waals surface area contributed by atoms with Crippen LogP contribution in [0, 0.1) is 17.3 Å². The first kappa shape index (κ1) is 18.0. The second kappa shape index (κ2) is 8.02. The van der Waals surface area contributed by atoms with Crippen LogP contribution in [-0.4, -0.2) is 27.7 Å². The quantitative estimate of drug-likeness (QED) is 0.283.